The van der Waals surface area contributed by atoms with Gasteiger partial charge in [-0.25, -0.2) is 4.79 Å². The Morgan fingerprint density at radius 2 is 1.72 bits per heavy atom. The van der Waals surface area contributed by atoms with Gasteiger partial charge >= 0.3 is 5.97 Å². The number of methoxy groups -OCH3 is 4. The average molecular weight is 347 g/mol. The summed E-state index contributed by atoms with van der Waals surface area (Å²) in [5.41, 5.74) is 1.20. The molecule has 0 saturated heterocycles. The van der Waals surface area contributed by atoms with Crippen molar-refractivity contribution in [3.8, 4) is 17.2 Å². The van der Waals surface area contributed by atoms with Gasteiger partial charge in [-0.05, 0) is 12.5 Å². The molecule has 1 amide bonds. The molecule has 0 saturated carbocycles. The summed E-state index contributed by atoms with van der Waals surface area (Å²) in [5, 5.41) is 0. The monoisotopic (exact) mass is 347 g/mol. The largest absolute Gasteiger partial charge is 0.493 e. The lowest BCUT2D eigenvalue weighted by Gasteiger charge is -2.29. The number of fused-ring (bicyclic) bond motifs is 3. The first-order chi connectivity index (χ1) is 12.0. The number of ether oxygens (including phenoxy) is 4. The summed E-state index contributed by atoms with van der Waals surface area (Å²) in [6, 6.07) is 1.63. The van der Waals surface area contributed by atoms with E-state index in [1.165, 1.54) is 26.2 Å². The van der Waals surface area contributed by atoms with E-state index in [4.69, 9.17) is 18.9 Å². The topological polar surface area (TPSA) is 91.4 Å². The average Bonchev–Trinajstić information content (AvgIpc) is 2.90. The van der Waals surface area contributed by atoms with Crippen molar-refractivity contribution in [1.82, 2.24) is 4.90 Å². The highest BCUT2D eigenvalue weighted by Gasteiger charge is 2.46. The van der Waals surface area contributed by atoms with Crippen molar-refractivity contribution in [3.63, 3.8) is 0 Å². The van der Waals surface area contributed by atoms with Gasteiger partial charge in [0.2, 0.25) is 5.75 Å². The second kappa shape index (κ2) is 6.12. The Morgan fingerprint density at radius 3 is 2.28 bits per heavy atom. The van der Waals surface area contributed by atoms with E-state index < -0.39 is 17.7 Å². The van der Waals surface area contributed by atoms with Gasteiger partial charge in [0.1, 0.15) is 5.57 Å². The number of Topliss-reactive ketones (excluding diaryl/α,β-unsaturated/α-hetero) is 1. The van der Waals surface area contributed by atoms with E-state index in [9.17, 15) is 14.4 Å². The van der Waals surface area contributed by atoms with Crippen molar-refractivity contribution in [2.75, 3.05) is 35.0 Å². The van der Waals surface area contributed by atoms with Crippen LogP contribution in [0.15, 0.2) is 11.6 Å². The number of hydrogen-bond donors (Lipinski definition) is 0. The molecule has 8 nitrogen and oxygen atoms in total. The third-order valence-electron chi connectivity index (χ3n) is 4.34. The van der Waals surface area contributed by atoms with Crippen LogP contribution in [-0.4, -0.2) is 57.5 Å². The van der Waals surface area contributed by atoms with Crippen LogP contribution in [0.1, 0.15) is 11.1 Å². The number of esters is 1. The van der Waals surface area contributed by atoms with E-state index in [-0.39, 0.29) is 17.8 Å². The fraction of sp³-hybridized carbons (Fsp3) is 0.353. The van der Waals surface area contributed by atoms with E-state index in [2.05, 4.69) is 0 Å². The standard InChI is InChI=1S/C17H17NO7/c1-22-10-7-9-8(14(23-2)15(10)24-3)5-6-18-12(9)11(17(21)25-4)13(19)16(18)20/h7H,5-6H2,1-4H3. The van der Waals surface area contributed by atoms with Crippen LogP contribution in [0.3, 0.4) is 0 Å². The van der Waals surface area contributed by atoms with E-state index in [0.717, 1.165) is 12.7 Å². The summed E-state index contributed by atoms with van der Waals surface area (Å²) in [7, 11) is 5.61. The van der Waals surface area contributed by atoms with Crippen LogP contribution in [0.25, 0.3) is 5.70 Å². The van der Waals surface area contributed by atoms with Gasteiger partial charge in [-0.3, -0.25) is 9.59 Å². The summed E-state index contributed by atoms with van der Waals surface area (Å²) >= 11 is 0. The van der Waals surface area contributed by atoms with Gasteiger partial charge in [0, 0.05) is 17.7 Å². The number of benzene rings is 1. The van der Waals surface area contributed by atoms with E-state index in [1.807, 2.05) is 0 Å². The fourth-order valence-corrected chi connectivity index (χ4v) is 3.26. The zero-order chi connectivity index (χ0) is 18.3. The van der Waals surface area contributed by atoms with Crippen molar-refractivity contribution < 1.29 is 33.3 Å². The second-order valence-electron chi connectivity index (χ2n) is 5.42. The van der Waals surface area contributed by atoms with Crippen molar-refractivity contribution >= 4 is 23.4 Å². The summed E-state index contributed by atoms with van der Waals surface area (Å²) in [6.07, 6.45) is 0.440. The molecular formula is C17H17NO7. The summed E-state index contributed by atoms with van der Waals surface area (Å²) in [4.78, 5) is 37.9. The zero-order valence-electron chi connectivity index (χ0n) is 14.3. The lowest BCUT2D eigenvalue weighted by Crippen LogP contribution is -2.33. The molecule has 0 unspecified atom stereocenters. The van der Waals surface area contributed by atoms with Crippen LogP contribution in [0.5, 0.6) is 17.2 Å². The molecule has 132 valence electrons. The quantitative estimate of drug-likeness (QED) is 0.446. The Labute approximate surface area is 143 Å². The molecule has 2 aliphatic rings. The number of nitrogens with zero attached hydrogens (tertiary/aromatic N) is 1. The predicted octanol–water partition coefficient (Wildman–Crippen LogP) is 0.564. The van der Waals surface area contributed by atoms with Gasteiger partial charge in [0.05, 0.1) is 34.1 Å². The highest BCUT2D eigenvalue weighted by Crippen LogP contribution is 2.48. The molecule has 1 aromatic rings. The van der Waals surface area contributed by atoms with Crippen LogP contribution in [0.4, 0.5) is 0 Å². The molecule has 2 heterocycles. The number of hydrogen-bond acceptors (Lipinski definition) is 7. The van der Waals surface area contributed by atoms with Crippen LogP contribution < -0.4 is 14.2 Å². The molecule has 0 bridgehead atoms. The first-order valence-electron chi connectivity index (χ1n) is 7.51. The third kappa shape index (κ3) is 2.25. The minimum Gasteiger partial charge on any atom is -0.493 e. The molecule has 0 fully saturated rings. The molecule has 0 aliphatic carbocycles. The maximum Gasteiger partial charge on any atom is 0.344 e. The van der Waals surface area contributed by atoms with Crippen molar-refractivity contribution in [1.29, 1.82) is 0 Å². The minimum atomic E-state index is -0.872. The molecule has 2 aliphatic heterocycles. The van der Waals surface area contributed by atoms with Crippen LogP contribution in [0.2, 0.25) is 0 Å². The van der Waals surface area contributed by atoms with Gasteiger partial charge in [-0.2, -0.15) is 0 Å². The van der Waals surface area contributed by atoms with Crippen LogP contribution in [0, 0.1) is 0 Å². The molecule has 0 spiro atoms. The Morgan fingerprint density at radius 1 is 1.04 bits per heavy atom. The molecule has 0 atom stereocenters. The zero-order valence-corrected chi connectivity index (χ0v) is 14.3. The molecule has 1 aromatic carbocycles. The smallest absolute Gasteiger partial charge is 0.344 e. The van der Waals surface area contributed by atoms with Crippen molar-refractivity contribution in [2.45, 2.75) is 6.42 Å². The first kappa shape index (κ1) is 16.8. The van der Waals surface area contributed by atoms with Gasteiger partial charge in [0.25, 0.3) is 11.7 Å². The molecular weight excluding hydrogens is 330 g/mol. The maximum absolute atomic E-state index is 12.3. The second-order valence-corrected chi connectivity index (χ2v) is 5.42. The van der Waals surface area contributed by atoms with Crippen LogP contribution >= 0.6 is 0 Å². The lowest BCUT2D eigenvalue weighted by molar-refractivity contribution is -0.142. The van der Waals surface area contributed by atoms with Crippen LogP contribution in [-0.2, 0) is 25.5 Å². The first-order valence-corrected chi connectivity index (χ1v) is 7.51. The third-order valence-corrected chi connectivity index (χ3v) is 4.34. The number of ketones is 1. The van der Waals surface area contributed by atoms with Gasteiger partial charge in [0.15, 0.2) is 11.5 Å². The van der Waals surface area contributed by atoms with Crippen molar-refractivity contribution in [3.05, 3.63) is 22.8 Å². The predicted molar refractivity (Wildman–Crippen MR) is 85.5 cm³/mol. The van der Waals surface area contributed by atoms with Gasteiger partial charge < -0.3 is 23.8 Å². The molecule has 8 heteroatoms. The Hall–Kier alpha value is -3.03. The highest BCUT2D eigenvalue weighted by molar-refractivity contribution is 6.54. The summed E-state index contributed by atoms with van der Waals surface area (Å²) < 4.78 is 20.9. The fourth-order valence-electron chi connectivity index (χ4n) is 3.26. The number of rotatable bonds is 4. The minimum absolute atomic E-state index is 0.224. The SMILES string of the molecule is COC(=O)C1=C2c3cc(OC)c(OC)c(OC)c3CCN2C(=O)C1=O. The number of carbonyl (C=O) groups is 3. The van der Waals surface area contributed by atoms with Gasteiger partial charge in [-0.15, -0.1) is 0 Å². The maximum atomic E-state index is 12.3. The van der Waals surface area contributed by atoms with Gasteiger partial charge in [-0.1, -0.05) is 0 Å². The Balaban J connectivity index is 2.35. The Kier molecular flexibility index (Phi) is 4.12. The molecule has 0 aromatic heterocycles. The number of amides is 1. The lowest BCUT2D eigenvalue weighted by atomic mass is 9.93. The normalized spacial score (nSPS) is 15.8. The van der Waals surface area contributed by atoms with Crippen molar-refractivity contribution in [2.24, 2.45) is 0 Å². The van der Waals surface area contributed by atoms with E-state index in [0.29, 0.717) is 29.2 Å². The molecule has 3 rings (SSSR count). The summed E-state index contributed by atoms with van der Waals surface area (Å²) in [5.74, 6) is -1.24. The van der Waals surface area contributed by atoms with E-state index in [1.54, 1.807) is 6.07 Å². The number of carbonyl (C=O) groups excluding carboxylic acids is 3. The summed E-state index contributed by atoms with van der Waals surface area (Å²) in [6.45, 7) is 0.249. The Bertz CT molecular complexity index is 825. The molecule has 25 heavy (non-hydrogen) atoms. The highest BCUT2D eigenvalue weighted by atomic mass is 16.5. The molecule has 0 N–H and O–H groups in total. The van der Waals surface area contributed by atoms with E-state index >= 15 is 0 Å². The molecule has 0 radical (unpaired) electrons.